The zero-order valence-corrected chi connectivity index (χ0v) is 27.4. The van der Waals surface area contributed by atoms with Crippen LogP contribution < -0.4 is 74.0 Å². The quantitative estimate of drug-likeness (QED) is 0.515. The fraction of sp³-hybridized carbons (Fsp3) is 0.370. The molecule has 0 spiro atoms. The Labute approximate surface area is 258 Å². The fourth-order valence-corrected chi connectivity index (χ4v) is 4.09. The maximum absolute atomic E-state index is 13.2. The van der Waals surface area contributed by atoms with Gasteiger partial charge < -0.3 is 19.9 Å². The van der Waals surface area contributed by atoms with Gasteiger partial charge in [0.25, 0.3) is 5.91 Å². The average molecular weight is 568 g/mol. The second kappa shape index (κ2) is 15.2. The molecule has 33 heavy (non-hydrogen) atoms. The first-order valence-corrected chi connectivity index (χ1v) is 11.2. The molecule has 2 atom stereocenters. The number of amides is 1. The Morgan fingerprint density at radius 3 is 2.12 bits per heavy atom. The number of carbonyl (C=O) groups is 1. The van der Waals surface area contributed by atoms with E-state index in [2.05, 4.69) is 55.2 Å². The van der Waals surface area contributed by atoms with Crippen molar-refractivity contribution in [3.8, 4) is 11.3 Å². The molecule has 0 radical (unpaired) electrons. The summed E-state index contributed by atoms with van der Waals surface area (Å²) in [6.45, 7) is 7.59. The normalized spacial score (nSPS) is 16.8. The summed E-state index contributed by atoms with van der Waals surface area (Å²) in [5.41, 5.74) is 5.28. The molecule has 1 aliphatic rings. The number of carbonyl (C=O) groups excluding carboxylic acids is 1. The topological polar surface area (TPSA) is 62.4 Å². The first-order valence-electron chi connectivity index (χ1n) is 11.2. The van der Waals surface area contributed by atoms with Gasteiger partial charge in [0, 0.05) is 30.7 Å². The van der Waals surface area contributed by atoms with E-state index in [4.69, 9.17) is 5.11 Å². The van der Waals surface area contributed by atoms with Crippen LogP contribution in [0.2, 0.25) is 0 Å². The number of aromatic amines is 1. The molecule has 0 bridgehead atoms. The van der Waals surface area contributed by atoms with Gasteiger partial charge in [0.05, 0.1) is 0 Å². The van der Waals surface area contributed by atoms with Crippen molar-refractivity contribution in [2.75, 3.05) is 34.3 Å². The molecule has 4 rings (SSSR count). The van der Waals surface area contributed by atoms with Crippen molar-refractivity contribution in [2.45, 2.75) is 32.7 Å². The van der Waals surface area contributed by atoms with Gasteiger partial charge >= 0.3 is 68.9 Å². The van der Waals surface area contributed by atoms with E-state index in [1.807, 2.05) is 61.2 Å². The molecule has 2 unspecified atom stereocenters. The van der Waals surface area contributed by atoms with Gasteiger partial charge in [-0.1, -0.05) is 74.0 Å². The van der Waals surface area contributed by atoms with Crippen LogP contribution in [0.25, 0.3) is 11.3 Å². The molecule has 0 saturated carbocycles. The molecule has 3 aromatic rings. The summed E-state index contributed by atoms with van der Waals surface area (Å²) in [6, 6.07) is 23.0. The van der Waals surface area contributed by atoms with E-state index >= 15 is 0 Å². The summed E-state index contributed by atoms with van der Waals surface area (Å²) in [6.07, 6.45) is 0. The Kier molecular flexibility index (Phi) is 13.9. The van der Waals surface area contributed by atoms with E-state index in [9.17, 15) is 4.79 Å². The van der Waals surface area contributed by atoms with E-state index in [0.29, 0.717) is 17.7 Å². The van der Waals surface area contributed by atoms with E-state index < -0.39 is 0 Å². The molecule has 2 aromatic carbocycles. The maximum Gasteiger partial charge on any atom is 1.00 e. The number of aromatic nitrogens is 1. The van der Waals surface area contributed by atoms with Crippen LogP contribution in [0.5, 0.6) is 0 Å². The number of benzene rings is 2. The SMILES string of the molecule is CC.C[O-].Cc1ccc(C2CN(C(=O)c3ccc(-c4ccccc4)[nH]3)CC2N(C)C)cc1.[Cs+]. The van der Waals surface area contributed by atoms with Gasteiger partial charge in [-0.05, 0) is 44.3 Å². The number of nitrogens with zero attached hydrogens (tertiary/aromatic N) is 2. The largest absolute Gasteiger partial charge is 1.00 e. The minimum atomic E-state index is 0. The van der Waals surface area contributed by atoms with Gasteiger partial charge in [0.2, 0.25) is 0 Å². The molecule has 1 amide bonds. The fourth-order valence-electron chi connectivity index (χ4n) is 4.09. The number of hydrogen-bond acceptors (Lipinski definition) is 3. The molecule has 172 valence electrons. The number of hydrogen-bond donors (Lipinski definition) is 1. The van der Waals surface area contributed by atoms with E-state index in [0.717, 1.165) is 31.5 Å². The van der Waals surface area contributed by atoms with Crippen LogP contribution in [0, 0.1) is 6.92 Å². The minimum absolute atomic E-state index is 0. The first kappa shape index (κ1) is 30.2. The smallest absolute Gasteiger partial charge is 0.857 e. The second-order valence-corrected chi connectivity index (χ2v) is 7.91. The zero-order chi connectivity index (χ0) is 23.7. The van der Waals surface area contributed by atoms with Crippen molar-refractivity contribution in [2.24, 2.45) is 0 Å². The van der Waals surface area contributed by atoms with Crippen molar-refractivity contribution < 1.29 is 78.8 Å². The first-order chi connectivity index (χ1) is 15.5. The van der Waals surface area contributed by atoms with Crippen LogP contribution in [0.4, 0.5) is 0 Å². The number of rotatable bonds is 4. The molecule has 5 nitrogen and oxygen atoms in total. The van der Waals surface area contributed by atoms with E-state index in [1.54, 1.807) is 0 Å². The van der Waals surface area contributed by atoms with Gasteiger partial charge in [-0.3, -0.25) is 4.79 Å². The summed E-state index contributed by atoms with van der Waals surface area (Å²) in [7, 11) is 4.95. The van der Waals surface area contributed by atoms with E-state index in [-0.39, 0.29) is 74.8 Å². The number of likely N-dealkylation sites (N-methyl/N-ethyl adjacent to an activating group) is 1. The molecule has 1 N–H and O–H groups in total. The predicted molar refractivity (Wildman–Crippen MR) is 131 cm³/mol. The molecule has 6 heteroatoms. The number of aryl methyl sites for hydroxylation is 1. The molecule has 1 fully saturated rings. The average Bonchev–Trinajstić information content (AvgIpc) is 3.51. The molecule has 1 aliphatic heterocycles. The Balaban J connectivity index is 0.00000103. The minimum Gasteiger partial charge on any atom is -0.857 e. The monoisotopic (exact) mass is 567 g/mol. The second-order valence-electron chi connectivity index (χ2n) is 7.91. The van der Waals surface area contributed by atoms with Crippen LogP contribution in [0.15, 0.2) is 66.7 Å². The van der Waals surface area contributed by atoms with Crippen molar-refractivity contribution >= 4 is 5.91 Å². The van der Waals surface area contributed by atoms with Crippen LogP contribution in [-0.4, -0.2) is 61.0 Å². The van der Waals surface area contributed by atoms with Crippen molar-refractivity contribution in [3.63, 3.8) is 0 Å². The molecule has 1 saturated heterocycles. The Hall–Kier alpha value is -0.838. The van der Waals surface area contributed by atoms with Crippen molar-refractivity contribution in [1.82, 2.24) is 14.8 Å². The summed E-state index contributed by atoms with van der Waals surface area (Å²) < 4.78 is 0. The predicted octanol–water partition coefficient (Wildman–Crippen LogP) is 1.17. The number of H-pyrrole nitrogens is 1. The molecule has 1 aromatic heterocycles. The van der Waals surface area contributed by atoms with Crippen LogP contribution in [0.3, 0.4) is 0 Å². The van der Waals surface area contributed by atoms with Crippen LogP contribution >= 0.6 is 0 Å². The summed E-state index contributed by atoms with van der Waals surface area (Å²) in [4.78, 5) is 20.7. The zero-order valence-electron chi connectivity index (χ0n) is 21.1. The third-order valence-corrected chi connectivity index (χ3v) is 5.75. The van der Waals surface area contributed by atoms with Gasteiger partial charge in [0.1, 0.15) is 5.69 Å². The van der Waals surface area contributed by atoms with E-state index in [1.165, 1.54) is 11.1 Å². The Morgan fingerprint density at radius 2 is 1.55 bits per heavy atom. The van der Waals surface area contributed by atoms with Crippen molar-refractivity contribution in [3.05, 3.63) is 83.6 Å². The Bertz CT molecular complexity index is 955. The third kappa shape index (κ3) is 7.83. The van der Waals surface area contributed by atoms with Gasteiger partial charge in [-0.2, -0.15) is 7.11 Å². The van der Waals surface area contributed by atoms with Crippen molar-refractivity contribution in [1.29, 1.82) is 0 Å². The number of likely N-dealkylation sites (tertiary alicyclic amines) is 1. The maximum atomic E-state index is 13.2. The van der Waals surface area contributed by atoms with Gasteiger partial charge in [0.15, 0.2) is 0 Å². The van der Waals surface area contributed by atoms with Crippen LogP contribution in [-0.2, 0) is 0 Å². The third-order valence-electron chi connectivity index (χ3n) is 5.75. The van der Waals surface area contributed by atoms with Gasteiger partial charge in [-0.15, -0.1) is 0 Å². The summed E-state index contributed by atoms with van der Waals surface area (Å²) >= 11 is 0. The number of nitrogens with one attached hydrogen (secondary N) is 1. The standard InChI is InChI=1S/C24H27N3O.C2H6.CH3O.Cs/c1-17-9-11-18(12-10-17)20-15-27(16-23(20)26(2)3)24(28)22-14-13-21(25-22)19-7-5-4-6-8-19;2*1-2;/h4-14,20,23,25H,15-16H2,1-3H3;1-2H3;1H3;/q;;-1;+1. The van der Waals surface area contributed by atoms with Crippen LogP contribution in [0.1, 0.15) is 41.4 Å². The molecular weight excluding hydrogens is 531 g/mol. The summed E-state index contributed by atoms with van der Waals surface area (Å²) in [5, 5.41) is 8.25. The Morgan fingerprint density at radius 1 is 0.939 bits per heavy atom. The molecule has 2 heterocycles. The van der Waals surface area contributed by atoms with Gasteiger partial charge in [-0.25, -0.2) is 0 Å². The summed E-state index contributed by atoms with van der Waals surface area (Å²) in [5.74, 6) is 0.395. The molecular formula is C27H36CsN3O2. The molecule has 0 aliphatic carbocycles.